The van der Waals surface area contributed by atoms with E-state index in [1.165, 1.54) is 25.7 Å². The molecule has 3 rings (SSSR count). The maximum atomic E-state index is 13.3. The third kappa shape index (κ3) is 4.28. The third-order valence-electron chi connectivity index (χ3n) is 5.86. The van der Waals surface area contributed by atoms with Crippen molar-refractivity contribution in [1.82, 2.24) is 10.2 Å². The fourth-order valence-electron chi connectivity index (χ4n) is 3.95. The highest BCUT2D eigenvalue weighted by Crippen LogP contribution is 2.48. The zero-order valence-corrected chi connectivity index (χ0v) is 16.2. The number of rotatable bonds is 6. The van der Waals surface area contributed by atoms with Crippen LogP contribution in [0.25, 0.3) is 0 Å². The molecule has 0 spiro atoms. The summed E-state index contributed by atoms with van der Waals surface area (Å²) in [6, 6.07) is 10.4. The lowest BCUT2D eigenvalue weighted by molar-refractivity contribution is -0.146. The monoisotopic (exact) mass is 356 g/mol. The van der Waals surface area contributed by atoms with Crippen LogP contribution in [0, 0.1) is 5.41 Å². The lowest BCUT2D eigenvalue weighted by atomic mass is 10.00. The van der Waals surface area contributed by atoms with E-state index in [0.29, 0.717) is 19.4 Å². The summed E-state index contributed by atoms with van der Waals surface area (Å²) in [6.07, 6.45) is 8.34. The van der Waals surface area contributed by atoms with Gasteiger partial charge >= 0.3 is 0 Å². The summed E-state index contributed by atoms with van der Waals surface area (Å²) < 4.78 is 0. The van der Waals surface area contributed by atoms with Gasteiger partial charge in [0.25, 0.3) is 0 Å². The smallest absolute Gasteiger partial charge is 0.238 e. The Hall–Kier alpha value is -1.84. The van der Waals surface area contributed by atoms with Crippen molar-refractivity contribution >= 4 is 11.8 Å². The molecule has 4 heteroatoms. The molecule has 2 fully saturated rings. The van der Waals surface area contributed by atoms with E-state index < -0.39 is 5.41 Å². The van der Waals surface area contributed by atoms with Crippen LogP contribution in [-0.2, 0) is 16.1 Å². The van der Waals surface area contributed by atoms with Gasteiger partial charge < -0.3 is 10.2 Å². The molecule has 26 heavy (non-hydrogen) atoms. The minimum atomic E-state index is -0.814. The fourth-order valence-corrected chi connectivity index (χ4v) is 3.95. The number of amides is 2. The van der Waals surface area contributed by atoms with E-state index in [2.05, 4.69) is 5.32 Å². The van der Waals surface area contributed by atoms with Crippen molar-refractivity contribution in [3.05, 3.63) is 35.9 Å². The fraction of sp³-hybridized carbons (Fsp3) is 0.636. The second-order valence-corrected chi connectivity index (χ2v) is 8.26. The Kier molecular flexibility index (Phi) is 6.00. The van der Waals surface area contributed by atoms with Gasteiger partial charge in [0.05, 0.1) is 0 Å². The lowest BCUT2D eigenvalue weighted by Crippen LogP contribution is -2.49. The maximum absolute atomic E-state index is 13.3. The number of hydrogen-bond donors (Lipinski definition) is 1. The third-order valence-corrected chi connectivity index (χ3v) is 5.86. The standard InChI is InChI=1S/C22H32N2O2/c1-17(2)24(16-18-10-6-5-7-11-18)21(26)22(14-15-22)20(25)23-19-12-8-3-4-9-13-19/h5-7,10-11,17,19H,3-4,8-9,12-16H2,1-2H3,(H,23,25). The molecule has 0 heterocycles. The van der Waals surface area contributed by atoms with E-state index in [-0.39, 0.29) is 23.9 Å². The predicted molar refractivity (Wildman–Crippen MR) is 103 cm³/mol. The van der Waals surface area contributed by atoms with Crippen LogP contribution in [0.3, 0.4) is 0 Å². The molecule has 0 aromatic heterocycles. The average molecular weight is 357 g/mol. The molecule has 0 atom stereocenters. The summed E-state index contributed by atoms with van der Waals surface area (Å²) in [5.41, 5.74) is 0.292. The molecular formula is C22H32N2O2. The van der Waals surface area contributed by atoms with Crippen molar-refractivity contribution < 1.29 is 9.59 Å². The number of benzene rings is 1. The number of carbonyl (C=O) groups excluding carboxylic acids is 2. The molecule has 1 aromatic rings. The SMILES string of the molecule is CC(C)N(Cc1ccccc1)C(=O)C1(C(=O)NC2CCCCCC2)CC1. The van der Waals surface area contributed by atoms with Crippen molar-refractivity contribution in [3.63, 3.8) is 0 Å². The van der Waals surface area contributed by atoms with E-state index in [9.17, 15) is 9.59 Å². The van der Waals surface area contributed by atoms with Gasteiger partial charge in [0.1, 0.15) is 5.41 Å². The van der Waals surface area contributed by atoms with E-state index in [0.717, 1.165) is 18.4 Å². The summed E-state index contributed by atoms with van der Waals surface area (Å²) >= 11 is 0. The Morgan fingerprint density at radius 2 is 1.69 bits per heavy atom. The summed E-state index contributed by atoms with van der Waals surface area (Å²) in [7, 11) is 0. The van der Waals surface area contributed by atoms with Gasteiger partial charge in [0, 0.05) is 18.6 Å². The number of hydrogen-bond acceptors (Lipinski definition) is 2. The van der Waals surface area contributed by atoms with Crippen molar-refractivity contribution in [2.75, 3.05) is 0 Å². The van der Waals surface area contributed by atoms with Crippen LogP contribution in [0.4, 0.5) is 0 Å². The molecule has 1 N–H and O–H groups in total. The lowest BCUT2D eigenvalue weighted by Gasteiger charge is -2.31. The molecule has 0 radical (unpaired) electrons. The zero-order valence-electron chi connectivity index (χ0n) is 16.2. The first-order valence-corrected chi connectivity index (χ1v) is 10.2. The minimum Gasteiger partial charge on any atom is -0.352 e. The Labute approximate surface area is 157 Å². The van der Waals surface area contributed by atoms with Crippen LogP contribution in [-0.4, -0.2) is 28.8 Å². The molecular weight excluding hydrogens is 324 g/mol. The molecule has 2 aliphatic carbocycles. The first-order valence-electron chi connectivity index (χ1n) is 10.2. The zero-order chi connectivity index (χ0) is 18.6. The van der Waals surface area contributed by atoms with Crippen molar-refractivity contribution in [2.24, 2.45) is 5.41 Å². The quantitative estimate of drug-likeness (QED) is 0.618. The van der Waals surface area contributed by atoms with Gasteiger partial charge in [-0.25, -0.2) is 0 Å². The summed E-state index contributed by atoms with van der Waals surface area (Å²) in [4.78, 5) is 28.1. The van der Waals surface area contributed by atoms with Crippen LogP contribution < -0.4 is 5.32 Å². The Balaban J connectivity index is 1.68. The molecule has 0 aliphatic heterocycles. The topological polar surface area (TPSA) is 49.4 Å². The van der Waals surface area contributed by atoms with Crippen molar-refractivity contribution in [3.8, 4) is 0 Å². The molecule has 0 unspecified atom stereocenters. The van der Waals surface area contributed by atoms with Crippen LogP contribution in [0.15, 0.2) is 30.3 Å². The van der Waals surface area contributed by atoms with E-state index in [1.807, 2.05) is 49.1 Å². The van der Waals surface area contributed by atoms with Gasteiger partial charge in [0.15, 0.2) is 0 Å². The van der Waals surface area contributed by atoms with Crippen LogP contribution in [0.1, 0.15) is 70.8 Å². The van der Waals surface area contributed by atoms with Crippen LogP contribution in [0.2, 0.25) is 0 Å². The summed E-state index contributed by atoms with van der Waals surface area (Å²) in [6.45, 7) is 4.62. The highest BCUT2D eigenvalue weighted by molar-refractivity contribution is 6.08. The molecule has 2 amide bonds. The molecule has 0 bridgehead atoms. The average Bonchev–Trinajstić information content (AvgIpc) is 3.45. The van der Waals surface area contributed by atoms with Gasteiger partial charge in [-0.05, 0) is 45.1 Å². The van der Waals surface area contributed by atoms with Gasteiger partial charge in [0.2, 0.25) is 11.8 Å². The Bertz CT molecular complexity index is 614. The number of nitrogens with zero attached hydrogens (tertiary/aromatic N) is 1. The molecule has 2 aliphatic rings. The number of nitrogens with one attached hydrogen (secondary N) is 1. The highest BCUT2D eigenvalue weighted by Gasteiger charge is 2.58. The van der Waals surface area contributed by atoms with Crippen molar-refractivity contribution in [1.29, 1.82) is 0 Å². The van der Waals surface area contributed by atoms with Crippen LogP contribution >= 0.6 is 0 Å². The first-order chi connectivity index (χ1) is 12.5. The first kappa shape index (κ1) is 18.9. The predicted octanol–water partition coefficient (Wildman–Crippen LogP) is 4.04. The molecule has 142 valence electrons. The second kappa shape index (κ2) is 8.24. The molecule has 2 saturated carbocycles. The molecule has 1 aromatic carbocycles. The van der Waals surface area contributed by atoms with Gasteiger partial charge in [-0.1, -0.05) is 56.0 Å². The van der Waals surface area contributed by atoms with E-state index in [4.69, 9.17) is 0 Å². The largest absolute Gasteiger partial charge is 0.352 e. The van der Waals surface area contributed by atoms with Gasteiger partial charge in [-0.15, -0.1) is 0 Å². The van der Waals surface area contributed by atoms with Gasteiger partial charge in [-0.2, -0.15) is 0 Å². The number of carbonyl (C=O) groups is 2. The molecule has 4 nitrogen and oxygen atoms in total. The summed E-state index contributed by atoms with van der Waals surface area (Å²) in [5.74, 6) is -0.0319. The van der Waals surface area contributed by atoms with Crippen molar-refractivity contribution in [2.45, 2.75) is 83.8 Å². The van der Waals surface area contributed by atoms with Crippen LogP contribution in [0.5, 0.6) is 0 Å². The Morgan fingerprint density at radius 3 is 2.23 bits per heavy atom. The van der Waals surface area contributed by atoms with Gasteiger partial charge in [-0.3, -0.25) is 9.59 Å². The second-order valence-electron chi connectivity index (χ2n) is 8.26. The van der Waals surface area contributed by atoms with E-state index >= 15 is 0 Å². The van der Waals surface area contributed by atoms with E-state index in [1.54, 1.807) is 0 Å². The maximum Gasteiger partial charge on any atom is 0.238 e. The highest BCUT2D eigenvalue weighted by atomic mass is 16.2. The normalized spacial score (nSPS) is 19.7. The summed E-state index contributed by atoms with van der Waals surface area (Å²) in [5, 5.41) is 3.21. The Morgan fingerprint density at radius 1 is 1.08 bits per heavy atom. The molecule has 0 saturated heterocycles. The minimum absolute atomic E-state index is 0.00229.